The minimum absolute atomic E-state index is 0.222. The molecule has 5 heteroatoms. The molecule has 0 saturated heterocycles. The summed E-state index contributed by atoms with van der Waals surface area (Å²) in [5, 5.41) is 7.15. The predicted octanol–water partition coefficient (Wildman–Crippen LogP) is 4.07. The molecule has 4 nitrogen and oxygen atoms in total. The molecule has 21 heavy (non-hydrogen) atoms. The molecule has 0 amide bonds. The van der Waals surface area contributed by atoms with Crippen LogP contribution in [0, 0.1) is 4.77 Å². The van der Waals surface area contributed by atoms with Gasteiger partial charge in [-0.1, -0.05) is 36.4 Å². The summed E-state index contributed by atoms with van der Waals surface area (Å²) in [7, 11) is 0. The van der Waals surface area contributed by atoms with Crippen LogP contribution in [0.2, 0.25) is 0 Å². The van der Waals surface area contributed by atoms with Gasteiger partial charge < -0.3 is 4.74 Å². The van der Waals surface area contributed by atoms with Crippen LogP contribution in [-0.2, 0) is 0 Å². The van der Waals surface area contributed by atoms with Gasteiger partial charge in [-0.05, 0) is 43.4 Å². The van der Waals surface area contributed by atoms with E-state index in [2.05, 4.69) is 10.2 Å². The first-order valence-corrected chi connectivity index (χ1v) is 7.11. The van der Waals surface area contributed by atoms with Gasteiger partial charge in [0, 0.05) is 5.69 Å². The molecular weight excluding hydrogens is 282 g/mol. The summed E-state index contributed by atoms with van der Waals surface area (Å²) in [6.07, 6.45) is -0.222. The van der Waals surface area contributed by atoms with Gasteiger partial charge in [0.15, 0.2) is 16.7 Å². The first-order chi connectivity index (χ1) is 10.3. The summed E-state index contributed by atoms with van der Waals surface area (Å²) in [5.41, 5.74) is 0.967. The van der Waals surface area contributed by atoms with Gasteiger partial charge in [-0.2, -0.15) is 5.10 Å². The molecule has 0 aliphatic heterocycles. The number of nitrogens with one attached hydrogen (secondary N) is 1. The van der Waals surface area contributed by atoms with E-state index < -0.39 is 0 Å². The van der Waals surface area contributed by atoms with Crippen LogP contribution < -0.4 is 4.74 Å². The van der Waals surface area contributed by atoms with E-state index in [0.717, 1.165) is 17.3 Å². The van der Waals surface area contributed by atoms with Crippen molar-refractivity contribution in [1.82, 2.24) is 14.8 Å². The zero-order chi connectivity index (χ0) is 14.7. The number of hydrogen-bond acceptors (Lipinski definition) is 3. The minimum atomic E-state index is -0.222. The van der Waals surface area contributed by atoms with Crippen LogP contribution in [0.5, 0.6) is 5.75 Å². The molecule has 0 spiro atoms. The van der Waals surface area contributed by atoms with Crippen LogP contribution in [0.25, 0.3) is 5.69 Å². The van der Waals surface area contributed by atoms with E-state index in [9.17, 15) is 0 Å². The number of benzene rings is 2. The predicted molar refractivity (Wildman–Crippen MR) is 84.2 cm³/mol. The van der Waals surface area contributed by atoms with Crippen LogP contribution >= 0.6 is 12.2 Å². The number of para-hydroxylation sites is 2. The highest BCUT2D eigenvalue weighted by atomic mass is 32.1. The lowest BCUT2D eigenvalue weighted by Gasteiger charge is -2.15. The molecule has 0 aliphatic carbocycles. The monoisotopic (exact) mass is 297 g/mol. The second kappa shape index (κ2) is 5.93. The number of nitrogens with zero attached hydrogens (tertiary/aromatic N) is 2. The smallest absolute Gasteiger partial charge is 0.199 e. The first-order valence-electron chi connectivity index (χ1n) is 6.70. The number of ether oxygens (including phenoxy) is 1. The summed E-state index contributed by atoms with van der Waals surface area (Å²) in [6, 6.07) is 19.6. The van der Waals surface area contributed by atoms with Crippen LogP contribution in [0.3, 0.4) is 0 Å². The maximum atomic E-state index is 5.93. The molecule has 0 saturated carbocycles. The van der Waals surface area contributed by atoms with Crippen LogP contribution in [0.1, 0.15) is 18.9 Å². The van der Waals surface area contributed by atoms with E-state index in [4.69, 9.17) is 17.0 Å². The van der Waals surface area contributed by atoms with Crippen molar-refractivity contribution in [3.63, 3.8) is 0 Å². The molecule has 3 rings (SSSR count). The van der Waals surface area contributed by atoms with Crippen LogP contribution in [0.15, 0.2) is 60.7 Å². The van der Waals surface area contributed by atoms with Gasteiger partial charge in [0.1, 0.15) is 5.75 Å². The molecule has 1 heterocycles. The lowest BCUT2D eigenvalue weighted by atomic mass is 10.3. The quantitative estimate of drug-likeness (QED) is 0.738. The zero-order valence-corrected chi connectivity index (χ0v) is 12.4. The molecule has 0 aliphatic rings. The average molecular weight is 297 g/mol. The summed E-state index contributed by atoms with van der Waals surface area (Å²) < 4.78 is 8.37. The summed E-state index contributed by atoms with van der Waals surface area (Å²) in [6.45, 7) is 1.96. The standard InChI is InChI=1S/C16H15N3OS/c1-12(20-14-10-6-3-7-11-14)15-17-18-16(21)19(15)13-8-4-2-5-9-13/h2-12H,1H3,(H,18,21)/t12-/m1/s1. The number of H-pyrrole nitrogens is 1. The fourth-order valence-electron chi connectivity index (χ4n) is 2.16. The molecule has 1 N–H and O–H groups in total. The maximum absolute atomic E-state index is 5.93. The van der Waals surface area contributed by atoms with Gasteiger partial charge in [-0.15, -0.1) is 0 Å². The number of aromatic nitrogens is 3. The molecular formula is C16H15N3OS. The average Bonchev–Trinajstić information content (AvgIpc) is 2.91. The van der Waals surface area contributed by atoms with E-state index in [0.29, 0.717) is 4.77 Å². The van der Waals surface area contributed by atoms with Gasteiger partial charge >= 0.3 is 0 Å². The van der Waals surface area contributed by atoms with Crippen molar-refractivity contribution in [2.24, 2.45) is 0 Å². The zero-order valence-electron chi connectivity index (χ0n) is 11.6. The highest BCUT2D eigenvalue weighted by molar-refractivity contribution is 7.71. The normalized spacial score (nSPS) is 12.0. The van der Waals surface area contributed by atoms with Crippen LogP contribution in [0.4, 0.5) is 0 Å². The van der Waals surface area contributed by atoms with Crippen molar-refractivity contribution < 1.29 is 4.74 Å². The van der Waals surface area contributed by atoms with Crippen molar-refractivity contribution in [1.29, 1.82) is 0 Å². The Kier molecular flexibility index (Phi) is 3.83. The van der Waals surface area contributed by atoms with Crippen LogP contribution in [-0.4, -0.2) is 14.8 Å². The Morgan fingerprint density at radius 2 is 1.67 bits per heavy atom. The van der Waals surface area contributed by atoms with Crippen molar-refractivity contribution >= 4 is 12.2 Å². The van der Waals surface area contributed by atoms with E-state index >= 15 is 0 Å². The molecule has 2 aromatic carbocycles. The first kappa shape index (κ1) is 13.6. The molecule has 3 aromatic rings. The third-order valence-corrected chi connectivity index (χ3v) is 3.41. The number of hydrogen-bond donors (Lipinski definition) is 1. The number of rotatable bonds is 4. The fraction of sp³-hybridized carbons (Fsp3) is 0.125. The fourth-order valence-corrected chi connectivity index (χ4v) is 2.41. The molecule has 0 radical (unpaired) electrons. The van der Waals surface area contributed by atoms with E-state index in [-0.39, 0.29) is 6.10 Å². The Morgan fingerprint density at radius 1 is 1.05 bits per heavy atom. The van der Waals surface area contributed by atoms with Crippen molar-refractivity contribution in [2.75, 3.05) is 0 Å². The minimum Gasteiger partial charge on any atom is -0.483 e. The molecule has 0 unspecified atom stereocenters. The number of aromatic amines is 1. The summed E-state index contributed by atoms with van der Waals surface area (Å²) >= 11 is 5.33. The molecule has 0 fully saturated rings. The summed E-state index contributed by atoms with van der Waals surface area (Å²) in [4.78, 5) is 0. The Morgan fingerprint density at radius 3 is 2.33 bits per heavy atom. The second-order valence-electron chi connectivity index (χ2n) is 4.63. The second-order valence-corrected chi connectivity index (χ2v) is 5.02. The van der Waals surface area contributed by atoms with E-state index in [1.165, 1.54) is 0 Å². The molecule has 0 bridgehead atoms. The lowest BCUT2D eigenvalue weighted by molar-refractivity contribution is 0.214. The van der Waals surface area contributed by atoms with E-state index in [1.54, 1.807) is 0 Å². The molecule has 106 valence electrons. The third kappa shape index (κ3) is 2.87. The highest BCUT2D eigenvalue weighted by Crippen LogP contribution is 2.22. The Bertz CT molecular complexity index is 765. The van der Waals surface area contributed by atoms with Gasteiger partial charge in [0.05, 0.1) is 0 Å². The van der Waals surface area contributed by atoms with Crippen molar-refractivity contribution in [3.05, 3.63) is 71.3 Å². The van der Waals surface area contributed by atoms with Gasteiger partial charge in [0.2, 0.25) is 0 Å². The topological polar surface area (TPSA) is 42.8 Å². The molecule has 1 atom stereocenters. The maximum Gasteiger partial charge on any atom is 0.199 e. The Labute approximate surface area is 128 Å². The van der Waals surface area contributed by atoms with Gasteiger partial charge in [0.25, 0.3) is 0 Å². The van der Waals surface area contributed by atoms with Crippen molar-refractivity contribution in [2.45, 2.75) is 13.0 Å². The Balaban J connectivity index is 1.95. The highest BCUT2D eigenvalue weighted by Gasteiger charge is 2.16. The Hall–Kier alpha value is -2.40. The lowest BCUT2D eigenvalue weighted by Crippen LogP contribution is -2.10. The largest absolute Gasteiger partial charge is 0.483 e. The van der Waals surface area contributed by atoms with E-state index in [1.807, 2.05) is 72.2 Å². The third-order valence-electron chi connectivity index (χ3n) is 3.13. The SMILES string of the molecule is C[C@@H](Oc1ccccc1)c1n[nH]c(=S)n1-c1ccccc1. The van der Waals surface area contributed by atoms with Crippen molar-refractivity contribution in [3.8, 4) is 11.4 Å². The van der Waals surface area contributed by atoms with Gasteiger partial charge in [-0.3, -0.25) is 9.67 Å². The summed E-state index contributed by atoms with van der Waals surface area (Å²) in [5.74, 6) is 1.55. The van der Waals surface area contributed by atoms with Gasteiger partial charge in [-0.25, -0.2) is 0 Å². The molecule has 1 aromatic heterocycles.